The van der Waals surface area contributed by atoms with Gasteiger partial charge in [-0.15, -0.1) is 0 Å². The molecular formula is C32H33N5O4. The number of hydrogen-bond acceptors (Lipinski definition) is 6. The number of H-pyrrole nitrogens is 1. The third-order valence-electron chi connectivity index (χ3n) is 8.30. The Kier molecular flexibility index (Phi) is 6.81. The standard InChI is InChI=1S/C32H33N5O4/c1-3-13-31(16-21-17-32(18-21,19-31)41-20(2)38)30(40)34-24-10-7-22(8-11-24)28-35-25-12-9-23(15-26(25)36-28)29(39)37-27-6-4-5-14-33-27/h4-12,14-15,21H,3,13,16-19H2,1-2H3,(H,34,40)(H,35,36)(H,33,37,39). The third kappa shape index (κ3) is 5.31. The Balaban J connectivity index is 1.16. The SMILES string of the molecule is CCCC1(C(=O)Nc2ccc(-c3nc4ccc(C(=O)Nc5ccccn5)cc4[nH]3)cc2)CC2CC(OC(C)=O)(C2)C1. The number of imidazole rings is 1. The number of aromatic nitrogens is 3. The van der Waals surface area contributed by atoms with Crippen LogP contribution >= 0.6 is 0 Å². The van der Waals surface area contributed by atoms with E-state index in [0.717, 1.165) is 48.7 Å². The normalized spacial score (nSPS) is 22.9. The van der Waals surface area contributed by atoms with E-state index in [4.69, 9.17) is 4.74 Å². The molecule has 210 valence electrons. The van der Waals surface area contributed by atoms with Gasteiger partial charge in [0.15, 0.2) is 0 Å². The molecule has 0 aliphatic heterocycles. The number of anilines is 2. The number of ether oxygens (including phenoxy) is 1. The lowest BCUT2D eigenvalue weighted by Gasteiger charge is -2.58. The number of nitrogens with zero attached hydrogens (tertiary/aromatic N) is 2. The number of benzene rings is 2. The lowest BCUT2D eigenvalue weighted by atomic mass is 9.51. The Hall–Kier alpha value is -4.53. The van der Waals surface area contributed by atoms with Gasteiger partial charge in [0.2, 0.25) is 5.91 Å². The highest BCUT2D eigenvalue weighted by atomic mass is 16.6. The predicted octanol–water partition coefficient (Wildman–Crippen LogP) is 6.11. The van der Waals surface area contributed by atoms with Crippen LogP contribution in [0.4, 0.5) is 11.5 Å². The van der Waals surface area contributed by atoms with E-state index in [-0.39, 0.29) is 17.8 Å². The number of carbonyl (C=O) groups is 3. The second-order valence-electron chi connectivity index (χ2n) is 11.5. The summed E-state index contributed by atoms with van der Waals surface area (Å²) in [7, 11) is 0. The molecule has 41 heavy (non-hydrogen) atoms. The van der Waals surface area contributed by atoms with E-state index in [2.05, 4.69) is 32.5 Å². The smallest absolute Gasteiger partial charge is 0.303 e. The highest BCUT2D eigenvalue weighted by Crippen LogP contribution is 2.60. The van der Waals surface area contributed by atoms with Gasteiger partial charge in [0.05, 0.1) is 16.4 Å². The largest absolute Gasteiger partial charge is 0.459 e. The number of aromatic amines is 1. The maximum atomic E-state index is 13.6. The van der Waals surface area contributed by atoms with E-state index >= 15 is 0 Å². The van der Waals surface area contributed by atoms with Crippen LogP contribution in [-0.2, 0) is 14.3 Å². The van der Waals surface area contributed by atoms with Gasteiger partial charge < -0.3 is 20.4 Å². The Bertz CT molecular complexity index is 1610. The molecule has 2 amide bonds. The monoisotopic (exact) mass is 551 g/mol. The summed E-state index contributed by atoms with van der Waals surface area (Å²) >= 11 is 0. The average molecular weight is 552 g/mol. The van der Waals surface area contributed by atoms with Crippen molar-refractivity contribution in [2.75, 3.05) is 10.6 Å². The molecule has 0 radical (unpaired) electrons. The molecule has 0 spiro atoms. The van der Waals surface area contributed by atoms with Crippen LogP contribution in [0.25, 0.3) is 22.4 Å². The van der Waals surface area contributed by atoms with Gasteiger partial charge in [-0.05, 0) is 86.2 Å². The molecule has 9 heteroatoms. The summed E-state index contributed by atoms with van der Waals surface area (Å²) in [6, 6.07) is 18.2. The van der Waals surface area contributed by atoms with Gasteiger partial charge in [-0.25, -0.2) is 9.97 Å². The molecule has 7 rings (SSSR count). The maximum Gasteiger partial charge on any atom is 0.303 e. The van der Waals surface area contributed by atoms with Crippen molar-refractivity contribution >= 4 is 40.3 Å². The van der Waals surface area contributed by atoms with E-state index in [1.54, 1.807) is 30.5 Å². The molecule has 3 aliphatic carbocycles. The first-order valence-electron chi connectivity index (χ1n) is 14.1. The van der Waals surface area contributed by atoms with E-state index in [1.807, 2.05) is 36.4 Å². The molecular weight excluding hydrogens is 518 g/mol. The average Bonchev–Trinajstić information content (AvgIpc) is 3.37. The van der Waals surface area contributed by atoms with Crippen molar-refractivity contribution in [3.63, 3.8) is 0 Å². The fourth-order valence-corrected chi connectivity index (χ4v) is 6.79. The Morgan fingerprint density at radius 3 is 2.54 bits per heavy atom. The van der Waals surface area contributed by atoms with Gasteiger partial charge in [-0.3, -0.25) is 14.4 Å². The zero-order valence-electron chi connectivity index (χ0n) is 23.2. The summed E-state index contributed by atoms with van der Waals surface area (Å²) in [6.45, 7) is 3.53. The molecule has 9 nitrogen and oxygen atoms in total. The van der Waals surface area contributed by atoms with E-state index in [9.17, 15) is 14.4 Å². The molecule has 2 aromatic carbocycles. The lowest BCUT2D eigenvalue weighted by Crippen LogP contribution is -2.59. The Morgan fingerprint density at radius 1 is 1.02 bits per heavy atom. The molecule has 0 saturated heterocycles. The highest BCUT2D eigenvalue weighted by molar-refractivity contribution is 6.05. The minimum Gasteiger partial charge on any atom is -0.459 e. The molecule has 2 aromatic heterocycles. The van der Waals surface area contributed by atoms with Crippen molar-refractivity contribution in [2.24, 2.45) is 11.3 Å². The number of esters is 1. The van der Waals surface area contributed by atoms with E-state index in [1.165, 1.54) is 6.92 Å². The molecule has 3 saturated carbocycles. The Morgan fingerprint density at radius 2 is 1.83 bits per heavy atom. The number of amides is 2. The first kappa shape index (κ1) is 26.7. The predicted molar refractivity (Wildman–Crippen MR) is 156 cm³/mol. The van der Waals surface area contributed by atoms with Crippen LogP contribution in [0.15, 0.2) is 66.9 Å². The molecule has 2 heterocycles. The van der Waals surface area contributed by atoms with Gasteiger partial charge >= 0.3 is 5.97 Å². The number of hydrogen-bond donors (Lipinski definition) is 3. The summed E-state index contributed by atoms with van der Waals surface area (Å²) in [5.74, 6) is 1.03. The maximum absolute atomic E-state index is 13.6. The number of fused-ring (bicyclic) bond motifs is 3. The summed E-state index contributed by atoms with van der Waals surface area (Å²) in [5.41, 5.74) is 2.51. The third-order valence-corrected chi connectivity index (χ3v) is 8.30. The first-order chi connectivity index (χ1) is 19.8. The number of carbonyl (C=O) groups excluding carboxylic acids is 3. The van der Waals surface area contributed by atoms with Crippen LogP contribution in [-0.4, -0.2) is 38.3 Å². The molecule has 3 fully saturated rings. The Labute approximate surface area is 238 Å². The molecule has 1 atom stereocenters. The number of nitrogens with one attached hydrogen (secondary N) is 3. The van der Waals surface area contributed by atoms with Gasteiger partial charge in [-0.1, -0.05) is 19.4 Å². The van der Waals surface area contributed by atoms with Crippen LogP contribution in [0.1, 0.15) is 62.7 Å². The molecule has 4 aromatic rings. The van der Waals surface area contributed by atoms with Crippen LogP contribution in [0.5, 0.6) is 0 Å². The quantitative estimate of drug-likeness (QED) is 0.227. The summed E-state index contributed by atoms with van der Waals surface area (Å²) in [6.07, 6.45) is 6.38. The lowest BCUT2D eigenvalue weighted by molar-refractivity contribution is -0.202. The van der Waals surface area contributed by atoms with Crippen molar-refractivity contribution in [3.8, 4) is 11.4 Å². The second kappa shape index (κ2) is 10.5. The molecule has 3 N–H and O–H groups in total. The van der Waals surface area contributed by atoms with Crippen molar-refractivity contribution in [1.82, 2.24) is 15.0 Å². The summed E-state index contributed by atoms with van der Waals surface area (Å²) in [4.78, 5) is 50.2. The minimum absolute atomic E-state index is 0.00623. The fraction of sp³-hybridized carbons (Fsp3) is 0.344. The molecule has 2 bridgehead atoms. The zero-order valence-corrected chi connectivity index (χ0v) is 23.2. The van der Waals surface area contributed by atoms with Gasteiger partial charge in [0.1, 0.15) is 17.2 Å². The topological polar surface area (TPSA) is 126 Å². The zero-order chi connectivity index (χ0) is 28.6. The molecule has 3 aliphatic rings. The van der Waals surface area contributed by atoms with E-state index in [0.29, 0.717) is 35.2 Å². The van der Waals surface area contributed by atoms with Crippen LogP contribution in [0.2, 0.25) is 0 Å². The van der Waals surface area contributed by atoms with Crippen LogP contribution in [0.3, 0.4) is 0 Å². The van der Waals surface area contributed by atoms with Gasteiger partial charge in [-0.2, -0.15) is 0 Å². The summed E-state index contributed by atoms with van der Waals surface area (Å²) < 4.78 is 5.73. The fourth-order valence-electron chi connectivity index (χ4n) is 6.79. The summed E-state index contributed by atoms with van der Waals surface area (Å²) in [5, 5.41) is 5.93. The van der Waals surface area contributed by atoms with Crippen molar-refractivity contribution < 1.29 is 19.1 Å². The molecule has 1 unspecified atom stereocenters. The highest BCUT2D eigenvalue weighted by Gasteiger charge is 2.60. The van der Waals surface area contributed by atoms with Crippen LogP contribution < -0.4 is 10.6 Å². The van der Waals surface area contributed by atoms with Gasteiger partial charge in [0.25, 0.3) is 5.91 Å². The minimum atomic E-state index is -0.538. The van der Waals surface area contributed by atoms with E-state index < -0.39 is 11.0 Å². The number of rotatable bonds is 8. The number of pyridine rings is 1. The van der Waals surface area contributed by atoms with Crippen molar-refractivity contribution in [2.45, 2.75) is 58.0 Å². The van der Waals surface area contributed by atoms with Crippen molar-refractivity contribution in [3.05, 3.63) is 72.4 Å². The van der Waals surface area contributed by atoms with Gasteiger partial charge in [0, 0.05) is 36.4 Å². The van der Waals surface area contributed by atoms with Crippen LogP contribution in [0, 0.1) is 11.3 Å². The second-order valence-corrected chi connectivity index (χ2v) is 11.5. The van der Waals surface area contributed by atoms with Crippen molar-refractivity contribution in [1.29, 1.82) is 0 Å². The first-order valence-corrected chi connectivity index (χ1v) is 14.1.